The molecule has 0 aliphatic carbocycles. The summed E-state index contributed by atoms with van der Waals surface area (Å²) in [6.07, 6.45) is 6.71. The SMILES string of the molecule is [CH2]C(CC)CCCC.[CH2]C=C. The van der Waals surface area contributed by atoms with Gasteiger partial charge in [0.1, 0.15) is 0 Å². The van der Waals surface area contributed by atoms with E-state index >= 15 is 0 Å². The van der Waals surface area contributed by atoms with Gasteiger partial charge in [0.05, 0.1) is 0 Å². The first-order valence-corrected chi connectivity index (χ1v) is 4.46. The highest BCUT2D eigenvalue weighted by atomic mass is 14.0. The number of hydrogen-bond donors (Lipinski definition) is 0. The van der Waals surface area contributed by atoms with E-state index in [-0.39, 0.29) is 0 Å². The molecule has 0 amide bonds. The number of hydrogen-bond acceptors (Lipinski definition) is 0. The van der Waals surface area contributed by atoms with E-state index < -0.39 is 0 Å². The van der Waals surface area contributed by atoms with Crippen molar-refractivity contribution in [1.29, 1.82) is 0 Å². The van der Waals surface area contributed by atoms with Crippen molar-refractivity contribution in [1.82, 2.24) is 0 Å². The fourth-order valence-corrected chi connectivity index (χ4v) is 0.697. The van der Waals surface area contributed by atoms with E-state index in [9.17, 15) is 0 Å². The first kappa shape index (κ1) is 13.3. The van der Waals surface area contributed by atoms with Gasteiger partial charge in [-0.25, -0.2) is 0 Å². The van der Waals surface area contributed by atoms with Crippen molar-refractivity contribution in [3.8, 4) is 0 Å². The van der Waals surface area contributed by atoms with Gasteiger partial charge in [-0.15, -0.1) is 6.58 Å². The molecular formula is C11H22. The summed E-state index contributed by atoms with van der Waals surface area (Å²) >= 11 is 0. The molecule has 66 valence electrons. The molecule has 0 spiro atoms. The van der Waals surface area contributed by atoms with Crippen LogP contribution in [0.3, 0.4) is 0 Å². The Balaban J connectivity index is 0. The Bertz CT molecular complexity index is 64.4. The Morgan fingerprint density at radius 2 is 1.82 bits per heavy atom. The Morgan fingerprint density at radius 3 is 2.09 bits per heavy atom. The van der Waals surface area contributed by atoms with Gasteiger partial charge in [-0.1, -0.05) is 52.5 Å². The highest BCUT2D eigenvalue weighted by Gasteiger charge is 1.94. The van der Waals surface area contributed by atoms with Crippen LogP contribution in [0.2, 0.25) is 0 Å². The van der Waals surface area contributed by atoms with Crippen LogP contribution >= 0.6 is 0 Å². The van der Waals surface area contributed by atoms with Gasteiger partial charge in [-0.2, -0.15) is 0 Å². The first-order valence-electron chi connectivity index (χ1n) is 4.46. The van der Waals surface area contributed by atoms with Gasteiger partial charge in [0.15, 0.2) is 0 Å². The van der Waals surface area contributed by atoms with E-state index in [1.165, 1.54) is 31.8 Å². The van der Waals surface area contributed by atoms with Crippen molar-refractivity contribution in [3.05, 3.63) is 26.5 Å². The lowest BCUT2D eigenvalue weighted by Crippen LogP contribution is -1.90. The fourth-order valence-electron chi connectivity index (χ4n) is 0.697. The van der Waals surface area contributed by atoms with Gasteiger partial charge in [0.2, 0.25) is 0 Å². The summed E-state index contributed by atoms with van der Waals surface area (Å²) in [7, 11) is 0. The lowest BCUT2D eigenvalue weighted by molar-refractivity contribution is 0.537. The van der Waals surface area contributed by atoms with Gasteiger partial charge in [-0.3, -0.25) is 0 Å². The molecule has 0 fully saturated rings. The molecule has 0 heteroatoms. The molecule has 2 radical (unpaired) electrons. The third kappa shape index (κ3) is 17.7. The zero-order valence-electron chi connectivity index (χ0n) is 8.10. The van der Waals surface area contributed by atoms with Crippen LogP contribution in [0, 0.1) is 19.8 Å². The topological polar surface area (TPSA) is 0 Å². The van der Waals surface area contributed by atoms with E-state index in [2.05, 4.69) is 34.3 Å². The van der Waals surface area contributed by atoms with Gasteiger partial charge in [0.25, 0.3) is 0 Å². The molecule has 0 heterocycles. The average molecular weight is 154 g/mol. The Hall–Kier alpha value is -0.260. The molecule has 0 aliphatic heterocycles. The van der Waals surface area contributed by atoms with Gasteiger partial charge in [0, 0.05) is 0 Å². The van der Waals surface area contributed by atoms with Crippen molar-refractivity contribution in [2.45, 2.75) is 39.5 Å². The smallest absolute Gasteiger partial charge is 0.0319 e. The average Bonchev–Trinajstić information content (AvgIpc) is 2.02. The van der Waals surface area contributed by atoms with E-state index in [1.807, 2.05) is 0 Å². The molecular weight excluding hydrogens is 132 g/mol. The van der Waals surface area contributed by atoms with Crippen LogP contribution in [0.15, 0.2) is 12.7 Å². The standard InChI is InChI=1S/C8H17.C3H5/c1-4-6-7-8(3)5-2;1-3-2/h8H,3-7H2,1-2H3;3H,1-2H2. The van der Waals surface area contributed by atoms with Crippen molar-refractivity contribution in [2.75, 3.05) is 0 Å². The molecule has 0 saturated heterocycles. The molecule has 1 unspecified atom stereocenters. The largest absolute Gasteiger partial charge is 0.103 e. The second-order valence-electron chi connectivity index (χ2n) is 2.71. The summed E-state index contributed by atoms with van der Waals surface area (Å²) in [6, 6.07) is 0. The normalized spacial score (nSPS) is 11.3. The predicted octanol–water partition coefficient (Wildman–Crippen LogP) is 4.04. The van der Waals surface area contributed by atoms with Gasteiger partial charge >= 0.3 is 0 Å². The molecule has 0 aromatic heterocycles. The first-order chi connectivity index (χ1) is 5.22. The molecule has 1 atom stereocenters. The van der Waals surface area contributed by atoms with Crippen LogP contribution < -0.4 is 0 Å². The summed E-state index contributed by atoms with van der Waals surface area (Å²) in [6.45, 7) is 14.9. The molecule has 0 N–H and O–H groups in total. The molecule has 0 saturated carbocycles. The van der Waals surface area contributed by atoms with Crippen molar-refractivity contribution in [3.63, 3.8) is 0 Å². The van der Waals surface area contributed by atoms with Crippen LogP contribution in [0.25, 0.3) is 0 Å². The predicted molar refractivity (Wildman–Crippen MR) is 54.2 cm³/mol. The summed E-state index contributed by atoms with van der Waals surface area (Å²) in [5.41, 5.74) is 0. The minimum Gasteiger partial charge on any atom is -0.103 e. The quantitative estimate of drug-likeness (QED) is 0.573. The van der Waals surface area contributed by atoms with E-state index in [0.717, 1.165) is 0 Å². The van der Waals surface area contributed by atoms with Gasteiger partial charge < -0.3 is 0 Å². The van der Waals surface area contributed by atoms with Gasteiger partial charge in [-0.05, 0) is 12.8 Å². The third-order valence-corrected chi connectivity index (χ3v) is 1.54. The summed E-state index contributed by atoms with van der Waals surface area (Å²) < 4.78 is 0. The molecule has 0 aromatic rings. The minimum absolute atomic E-state index is 0.704. The zero-order valence-corrected chi connectivity index (χ0v) is 8.10. The van der Waals surface area contributed by atoms with Crippen molar-refractivity contribution < 1.29 is 0 Å². The second-order valence-corrected chi connectivity index (χ2v) is 2.71. The van der Waals surface area contributed by atoms with E-state index in [0.29, 0.717) is 5.92 Å². The van der Waals surface area contributed by atoms with Crippen LogP contribution in [-0.2, 0) is 0 Å². The van der Waals surface area contributed by atoms with Crippen LogP contribution in [-0.4, -0.2) is 0 Å². The Morgan fingerprint density at radius 1 is 1.36 bits per heavy atom. The molecule has 11 heavy (non-hydrogen) atoms. The molecule has 0 nitrogen and oxygen atoms in total. The second kappa shape index (κ2) is 12.4. The highest BCUT2D eigenvalue weighted by Crippen LogP contribution is 2.09. The molecule has 0 aromatic carbocycles. The Labute approximate surface area is 72.7 Å². The lowest BCUT2D eigenvalue weighted by Gasteiger charge is -2.04. The lowest BCUT2D eigenvalue weighted by atomic mass is 10.0. The third-order valence-electron chi connectivity index (χ3n) is 1.54. The molecule has 0 bridgehead atoms. The van der Waals surface area contributed by atoms with E-state index in [4.69, 9.17) is 0 Å². The maximum absolute atomic E-state index is 3.99. The molecule has 0 aliphatic rings. The Kier molecular flexibility index (Phi) is 15.1. The number of rotatable bonds is 4. The fraction of sp³-hybridized carbons (Fsp3) is 0.636. The highest BCUT2D eigenvalue weighted by molar-refractivity contribution is 4.66. The minimum atomic E-state index is 0.704. The summed E-state index contributed by atoms with van der Waals surface area (Å²) in [5.74, 6) is 0.704. The van der Waals surface area contributed by atoms with Crippen molar-refractivity contribution in [2.24, 2.45) is 5.92 Å². The van der Waals surface area contributed by atoms with E-state index in [1.54, 1.807) is 0 Å². The van der Waals surface area contributed by atoms with Crippen LogP contribution in [0.5, 0.6) is 0 Å². The van der Waals surface area contributed by atoms with Crippen molar-refractivity contribution >= 4 is 0 Å². The van der Waals surface area contributed by atoms with Crippen LogP contribution in [0.1, 0.15) is 39.5 Å². The monoisotopic (exact) mass is 154 g/mol. The maximum Gasteiger partial charge on any atom is -0.0319 e. The maximum atomic E-state index is 3.99. The summed E-state index contributed by atoms with van der Waals surface area (Å²) in [4.78, 5) is 0. The number of allylic oxidation sites excluding steroid dienone is 1. The zero-order chi connectivity index (χ0) is 9.11. The number of unbranched alkanes of at least 4 members (excludes halogenated alkanes) is 1. The van der Waals surface area contributed by atoms with Crippen LogP contribution in [0.4, 0.5) is 0 Å². The molecule has 0 rings (SSSR count). The summed E-state index contributed by atoms with van der Waals surface area (Å²) in [5, 5.41) is 0.